The van der Waals surface area contributed by atoms with Gasteiger partial charge in [0.25, 0.3) is 0 Å². The van der Waals surface area contributed by atoms with Crippen LogP contribution in [0.15, 0.2) is 12.2 Å². The van der Waals surface area contributed by atoms with Crippen molar-refractivity contribution in [3.05, 3.63) is 12.2 Å². The van der Waals surface area contributed by atoms with Crippen molar-refractivity contribution >= 4 is 17.8 Å². The zero-order chi connectivity index (χ0) is 9.23. The summed E-state index contributed by atoms with van der Waals surface area (Å²) in [6, 6.07) is 0. The van der Waals surface area contributed by atoms with Gasteiger partial charge in [-0.1, -0.05) is 6.08 Å². The first-order valence-electron chi connectivity index (χ1n) is 3.42. The lowest BCUT2D eigenvalue weighted by Crippen LogP contribution is -2.08. The van der Waals surface area contributed by atoms with Gasteiger partial charge in [0.05, 0.1) is 12.5 Å². The molecule has 0 saturated carbocycles. The fraction of sp³-hybridized carbons (Fsp3) is 0.571. The summed E-state index contributed by atoms with van der Waals surface area (Å²) in [6.07, 6.45) is 2.23. The highest BCUT2D eigenvalue weighted by Crippen LogP contribution is 1.87. The molecule has 0 heterocycles. The number of carbonyl (C=O) groups is 1. The second-order valence-electron chi connectivity index (χ2n) is 1.75. The van der Waals surface area contributed by atoms with E-state index in [0.717, 1.165) is 0 Å². The van der Waals surface area contributed by atoms with Crippen molar-refractivity contribution in [3.8, 4) is 0 Å². The largest absolute Gasteiger partial charge is 0.508 e. The Kier molecular flexibility index (Phi) is 7.84. The van der Waals surface area contributed by atoms with Gasteiger partial charge in [-0.05, 0) is 6.08 Å². The number of rotatable bonds is 5. The summed E-state index contributed by atoms with van der Waals surface area (Å²) in [7, 11) is 0. The van der Waals surface area contributed by atoms with Gasteiger partial charge in [0.15, 0.2) is 0 Å². The Labute approximate surface area is 75.7 Å². The second-order valence-corrected chi connectivity index (χ2v) is 2.13. The lowest BCUT2D eigenvalue weighted by Gasteiger charge is -2.01. The Bertz CT molecular complexity index is 146. The first-order chi connectivity index (χ1) is 5.81. The molecule has 0 radical (unpaired) electrons. The average Bonchev–Trinajstić information content (AvgIpc) is 2.09. The standard InChI is InChI=1S/C7H11ClO4/c8-3-6-12-7(10)11-5-2-1-4-9/h1-2,9H,3-6H2/b2-1-. The predicted octanol–water partition coefficient (Wildman–Crippen LogP) is 0.927. The van der Waals surface area contributed by atoms with E-state index in [4.69, 9.17) is 16.7 Å². The van der Waals surface area contributed by atoms with Crippen LogP contribution in [0.2, 0.25) is 0 Å². The molecule has 0 unspecified atom stereocenters. The molecule has 0 rings (SSSR count). The van der Waals surface area contributed by atoms with Crippen molar-refractivity contribution in [2.24, 2.45) is 0 Å². The minimum atomic E-state index is -0.752. The molecule has 1 N–H and O–H groups in total. The molecule has 0 aliphatic rings. The smallest absolute Gasteiger partial charge is 0.433 e. The maximum absolute atomic E-state index is 10.6. The Balaban J connectivity index is 3.25. The highest BCUT2D eigenvalue weighted by atomic mass is 35.5. The number of alkyl halides is 1. The number of carbonyl (C=O) groups excluding carboxylic acids is 1. The molecule has 0 aliphatic carbocycles. The molecule has 12 heavy (non-hydrogen) atoms. The normalized spacial score (nSPS) is 10.2. The number of aliphatic hydroxyl groups excluding tert-OH is 1. The van der Waals surface area contributed by atoms with Gasteiger partial charge >= 0.3 is 6.16 Å². The van der Waals surface area contributed by atoms with Gasteiger partial charge in [0, 0.05) is 0 Å². The minimum absolute atomic E-state index is 0.0694. The van der Waals surface area contributed by atoms with Crippen molar-refractivity contribution in [1.82, 2.24) is 0 Å². The number of halogens is 1. The monoisotopic (exact) mass is 194 g/mol. The second kappa shape index (κ2) is 8.36. The number of hydrogen-bond donors (Lipinski definition) is 1. The van der Waals surface area contributed by atoms with Gasteiger partial charge in [-0.25, -0.2) is 4.79 Å². The molecule has 70 valence electrons. The molecular weight excluding hydrogens is 184 g/mol. The van der Waals surface area contributed by atoms with Crippen LogP contribution in [0, 0.1) is 0 Å². The summed E-state index contributed by atoms with van der Waals surface area (Å²) in [6.45, 7) is 0.172. The molecule has 0 fully saturated rings. The van der Waals surface area contributed by atoms with E-state index in [2.05, 4.69) is 9.47 Å². The Morgan fingerprint density at radius 2 is 2.17 bits per heavy atom. The molecule has 0 bridgehead atoms. The SMILES string of the molecule is O=C(OC/C=C\CO)OCCCl. The molecule has 4 nitrogen and oxygen atoms in total. The zero-order valence-electron chi connectivity index (χ0n) is 6.53. The van der Waals surface area contributed by atoms with Crippen LogP contribution in [-0.2, 0) is 9.47 Å². The predicted molar refractivity (Wildman–Crippen MR) is 44.2 cm³/mol. The fourth-order valence-electron chi connectivity index (χ4n) is 0.422. The lowest BCUT2D eigenvalue weighted by atomic mass is 10.5. The van der Waals surface area contributed by atoms with Crippen molar-refractivity contribution in [1.29, 1.82) is 0 Å². The maximum Gasteiger partial charge on any atom is 0.508 e. The van der Waals surface area contributed by atoms with Crippen LogP contribution < -0.4 is 0 Å². The highest BCUT2D eigenvalue weighted by molar-refractivity contribution is 6.18. The van der Waals surface area contributed by atoms with E-state index in [9.17, 15) is 4.79 Å². The summed E-state index contributed by atoms with van der Waals surface area (Å²) in [5.41, 5.74) is 0. The number of hydrogen-bond acceptors (Lipinski definition) is 4. The topological polar surface area (TPSA) is 55.8 Å². The van der Waals surface area contributed by atoms with Crippen molar-refractivity contribution < 1.29 is 19.4 Å². The average molecular weight is 195 g/mol. The van der Waals surface area contributed by atoms with Crippen LogP contribution in [-0.4, -0.2) is 37.0 Å². The molecule has 0 aromatic carbocycles. The molecule has 5 heteroatoms. The van der Waals surface area contributed by atoms with Gasteiger partial charge in [-0.15, -0.1) is 11.6 Å². The first-order valence-corrected chi connectivity index (χ1v) is 3.96. The van der Waals surface area contributed by atoms with E-state index in [1.54, 1.807) is 0 Å². The third-order valence-electron chi connectivity index (χ3n) is 0.867. The Morgan fingerprint density at radius 3 is 2.75 bits per heavy atom. The fourth-order valence-corrected chi connectivity index (χ4v) is 0.499. The van der Waals surface area contributed by atoms with E-state index in [1.165, 1.54) is 12.2 Å². The minimum Gasteiger partial charge on any atom is -0.433 e. The van der Waals surface area contributed by atoms with Crippen LogP contribution in [0.1, 0.15) is 0 Å². The van der Waals surface area contributed by atoms with Crippen LogP contribution in [0.3, 0.4) is 0 Å². The number of aliphatic hydroxyl groups is 1. The van der Waals surface area contributed by atoms with Gasteiger partial charge in [-0.2, -0.15) is 0 Å². The summed E-state index contributed by atoms with van der Waals surface area (Å²) in [5, 5.41) is 8.30. The molecule has 0 aromatic rings. The summed E-state index contributed by atoms with van der Waals surface area (Å²) in [4.78, 5) is 10.6. The van der Waals surface area contributed by atoms with Gasteiger partial charge in [0.2, 0.25) is 0 Å². The zero-order valence-corrected chi connectivity index (χ0v) is 7.29. The third-order valence-corrected chi connectivity index (χ3v) is 1.02. The Morgan fingerprint density at radius 1 is 1.42 bits per heavy atom. The molecule has 0 atom stereocenters. The van der Waals surface area contributed by atoms with Crippen LogP contribution in [0.4, 0.5) is 4.79 Å². The van der Waals surface area contributed by atoms with E-state index in [1.807, 2.05) is 0 Å². The van der Waals surface area contributed by atoms with Crippen molar-refractivity contribution in [2.75, 3.05) is 25.7 Å². The van der Waals surface area contributed by atoms with Gasteiger partial charge in [-0.3, -0.25) is 0 Å². The summed E-state index contributed by atoms with van der Waals surface area (Å²) >= 11 is 5.25. The lowest BCUT2D eigenvalue weighted by molar-refractivity contribution is 0.0677. The van der Waals surface area contributed by atoms with Crippen LogP contribution in [0.5, 0.6) is 0 Å². The van der Waals surface area contributed by atoms with E-state index >= 15 is 0 Å². The number of ether oxygens (including phenoxy) is 2. The van der Waals surface area contributed by atoms with Gasteiger partial charge < -0.3 is 14.6 Å². The van der Waals surface area contributed by atoms with Crippen molar-refractivity contribution in [2.45, 2.75) is 0 Å². The summed E-state index contributed by atoms with van der Waals surface area (Å²) in [5.74, 6) is 0.252. The van der Waals surface area contributed by atoms with Gasteiger partial charge in [0.1, 0.15) is 13.2 Å². The molecule has 0 aromatic heterocycles. The molecule has 0 aliphatic heterocycles. The van der Waals surface area contributed by atoms with E-state index in [-0.39, 0.29) is 25.7 Å². The van der Waals surface area contributed by atoms with Crippen LogP contribution in [0.25, 0.3) is 0 Å². The molecular formula is C7H11ClO4. The molecule has 0 spiro atoms. The van der Waals surface area contributed by atoms with Crippen molar-refractivity contribution in [3.63, 3.8) is 0 Å². The summed E-state index contributed by atoms with van der Waals surface area (Å²) < 4.78 is 9.01. The maximum atomic E-state index is 10.6. The van der Waals surface area contributed by atoms with E-state index in [0.29, 0.717) is 0 Å². The first kappa shape index (κ1) is 11.3. The van der Waals surface area contributed by atoms with Crippen LogP contribution >= 0.6 is 11.6 Å². The third kappa shape index (κ3) is 7.37. The quantitative estimate of drug-likeness (QED) is 0.402. The molecule has 0 amide bonds. The Hall–Kier alpha value is -0.740. The molecule has 0 saturated heterocycles. The highest BCUT2D eigenvalue weighted by Gasteiger charge is 1.99. The van der Waals surface area contributed by atoms with E-state index < -0.39 is 6.16 Å².